The van der Waals surface area contributed by atoms with Crippen LogP contribution in [0, 0.1) is 23.5 Å². The molecule has 186 valence electrons. The molecule has 2 aromatic carbocycles. The monoisotopic (exact) mass is 473 g/mol. The molecule has 0 saturated carbocycles. The molecule has 4 nitrogen and oxygen atoms in total. The number of carbonyl (C=O) groups is 1. The summed E-state index contributed by atoms with van der Waals surface area (Å²) < 4.78 is 33.0. The van der Waals surface area contributed by atoms with E-state index < -0.39 is 5.97 Å². The molecule has 1 aliphatic heterocycles. The Morgan fingerprint density at radius 2 is 1.56 bits per heavy atom. The summed E-state index contributed by atoms with van der Waals surface area (Å²) in [6.07, 6.45) is 6.35. The van der Waals surface area contributed by atoms with Crippen LogP contribution in [0.4, 0.5) is 8.78 Å². The number of hydrogen-bond acceptors (Lipinski definition) is 3. The third kappa shape index (κ3) is 8.17. The maximum atomic E-state index is 13.4. The minimum atomic E-state index is -0.653. The quantitative estimate of drug-likeness (QED) is 0.363. The number of hydrogen-bond donors (Lipinski definition) is 1. The first kappa shape index (κ1) is 26.3. The van der Waals surface area contributed by atoms with E-state index in [1.165, 1.54) is 24.3 Å². The van der Waals surface area contributed by atoms with Crippen LogP contribution in [-0.4, -0.2) is 42.2 Å². The molecule has 0 radical (unpaired) electrons. The van der Waals surface area contributed by atoms with Gasteiger partial charge in [-0.1, -0.05) is 44.0 Å². The first-order chi connectivity index (χ1) is 16.5. The smallest absolute Gasteiger partial charge is 0.306 e. The molecule has 1 saturated heterocycles. The maximum absolute atomic E-state index is 13.4. The highest BCUT2D eigenvalue weighted by Crippen LogP contribution is 2.28. The summed E-state index contributed by atoms with van der Waals surface area (Å²) in [7, 11) is 0. The van der Waals surface area contributed by atoms with Crippen LogP contribution >= 0.6 is 0 Å². The average Bonchev–Trinajstić information content (AvgIpc) is 2.84. The number of ether oxygens (including phenoxy) is 1. The van der Waals surface area contributed by atoms with E-state index in [1.54, 1.807) is 24.3 Å². The number of aliphatic carboxylic acids is 1. The van der Waals surface area contributed by atoms with E-state index in [1.807, 2.05) is 0 Å². The molecule has 0 aromatic heterocycles. The van der Waals surface area contributed by atoms with Gasteiger partial charge in [0.05, 0.1) is 12.5 Å². The van der Waals surface area contributed by atoms with Crippen LogP contribution in [0.2, 0.25) is 0 Å². The Hall–Kier alpha value is -2.31. The van der Waals surface area contributed by atoms with Crippen molar-refractivity contribution >= 4 is 5.97 Å². The first-order valence-electron chi connectivity index (χ1n) is 12.5. The van der Waals surface area contributed by atoms with Crippen LogP contribution in [0.3, 0.4) is 0 Å². The molecular weight excluding hydrogens is 436 g/mol. The molecule has 1 atom stereocenters. The highest BCUT2D eigenvalue weighted by atomic mass is 19.1. The largest absolute Gasteiger partial charge is 0.481 e. The van der Waals surface area contributed by atoms with Crippen molar-refractivity contribution in [3.8, 4) is 0 Å². The summed E-state index contributed by atoms with van der Waals surface area (Å²) >= 11 is 0. The van der Waals surface area contributed by atoms with E-state index >= 15 is 0 Å². The number of carboxylic acids is 1. The molecule has 6 heteroatoms. The molecule has 0 bridgehead atoms. The number of likely N-dealkylation sites (tertiary alicyclic amines) is 1. The Kier molecular flexibility index (Phi) is 10.5. The Labute approximate surface area is 201 Å². The number of rotatable bonds is 13. The van der Waals surface area contributed by atoms with Gasteiger partial charge < -0.3 is 14.7 Å². The van der Waals surface area contributed by atoms with Gasteiger partial charge in [-0.2, -0.15) is 0 Å². The van der Waals surface area contributed by atoms with Gasteiger partial charge in [-0.05, 0) is 86.5 Å². The number of piperidine rings is 1. The second-order valence-corrected chi connectivity index (χ2v) is 9.39. The van der Waals surface area contributed by atoms with E-state index in [9.17, 15) is 18.7 Å². The molecule has 0 aliphatic carbocycles. The zero-order valence-corrected chi connectivity index (χ0v) is 20.1. The number of benzene rings is 2. The van der Waals surface area contributed by atoms with Crippen molar-refractivity contribution in [2.24, 2.45) is 11.8 Å². The topological polar surface area (TPSA) is 49.8 Å². The highest BCUT2D eigenvalue weighted by Gasteiger charge is 2.23. The van der Waals surface area contributed by atoms with Crippen LogP contribution < -0.4 is 0 Å². The third-order valence-electron chi connectivity index (χ3n) is 6.92. The average molecular weight is 474 g/mol. The van der Waals surface area contributed by atoms with E-state index in [0.717, 1.165) is 75.7 Å². The molecule has 1 unspecified atom stereocenters. The number of nitrogens with zero attached hydrogens (tertiary/aromatic N) is 1. The maximum Gasteiger partial charge on any atom is 0.306 e. The fourth-order valence-corrected chi connectivity index (χ4v) is 4.74. The van der Waals surface area contributed by atoms with E-state index in [-0.39, 0.29) is 23.7 Å². The van der Waals surface area contributed by atoms with Gasteiger partial charge in [0.25, 0.3) is 0 Å². The lowest BCUT2D eigenvalue weighted by Gasteiger charge is -2.32. The van der Waals surface area contributed by atoms with E-state index in [2.05, 4.69) is 11.8 Å². The minimum Gasteiger partial charge on any atom is -0.481 e. The normalized spacial score (nSPS) is 16.1. The van der Waals surface area contributed by atoms with Crippen molar-refractivity contribution in [2.75, 3.05) is 26.2 Å². The molecule has 3 rings (SSSR count). The van der Waals surface area contributed by atoms with Crippen LogP contribution in [0.1, 0.15) is 69.1 Å². The molecule has 0 amide bonds. The van der Waals surface area contributed by atoms with E-state index in [0.29, 0.717) is 12.5 Å². The van der Waals surface area contributed by atoms with Gasteiger partial charge >= 0.3 is 5.97 Å². The first-order valence-corrected chi connectivity index (χ1v) is 12.5. The Morgan fingerprint density at radius 1 is 1.00 bits per heavy atom. The number of halogens is 2. The lowest BCUT2D eigenvalue weighted by atomic mass is 9.87. The van der Waals surface area contributed by atoms with Gasteiger partial charge in [-0.3, -0.25) is 4.79 Å². The van der Waals surface area contributed by atoms with E-state index in [4.69, 9.17) is 4.74 Å². The fraction of sp³-hybridized carbons (Fsp3) is 0.536. The van der Waals surface area contributed by atoms with Gasteiger partial charge in [0.15, 0.2) is 0 Å². The summed E-state index contributed by atoms with van der Waals surface area (Å²) in [5.74, 6) is -0.873. The second-order valence-electron chi connectivity index (χ2n) is 9.39. The predicted molar refractivity (Wildman–Crippen MR) is 130 cm³/mol. The van der Waals surface area contributed by atoms with Crippen molar-refractivity contribution in [1.29, 1.82) is 0 Å². The lowest BCUT2D eigenvalue weighted by Crippen LogP contribution is -2.36. The van der Waals surface area contributed by atoms with Gasteiger partial charge in [0.1, 0.15) is 17.7 Å². The van der Waals surface area contributed by atoms with Gasteiger partial charge in [-0.25, -0.2) is 8.78 Å². The van der Waals surface area contributed by atoms with Crippen molar-refractivity contribution < 1.29 is 23.4 Å². The summed E-state index contributed by atoms with van der Waals surface area (Å²) in [5.41, 5.74) is 1.67. The van der Waals surface area contributed by atoms with Gasteiger partial charge in [0, 0.05) is 6.54 Å². The molecule has 1 heterocycles. The molecule has 1 fully saturated rings. The standard InChI is InChI=1S/C28H37F2NO3/c1-2-3-4-24(28(32)33)6-5-21-15-17-31(18-16-21)19-20-34-27(22-7-11-25(29)12-8-22)23-9-13-26(30)14-10-23/h7-14,21,24,27H,2-6,15-20H2,1H3,(H,32,33). The van der Waals surface area contributed by atoms with Crippen molar-refractivity contribution in [3.05, 3.63) is 71.3 Å². The van der Waals surface area contributed by atoms with Crippen LogP contribution in [0.25, 0.3) is 0 Å². The zero-order valence-electron chi connectivity index (χ0n) is 20.1. The molecule has 1 aliphatic rings. The minimum absolute atomic E-state index is 0.207. The van der Waals surface area contributed by atoms with Gasteiger partial charge in [0.2, 0.25) is 0 Å². The van der Waals surface area contributed by atoms with Crippen molar-refractivity contribution in [2.45, 2.75) is 58.0 Å². The summed E-state index contributed by atoms with van der Waals surface area (Å²) in [6.45, 7) is 5.37. The third-order valence-corrected chi connectivity index (χ3v) is 6.92. The van der Waals surface area contributed by atoms with Gasteiger partial charge in [-0.15, -0.1) is 0 Å². The molecule has 1 N–H and O–H groups in total. The summed E-state index contributed by atoms with van der Waals surface area (Å²) in [4.78, 5) is 13.9. The number of carboxylic acid groups (broad SMARTS) is 1. The second kappa shape index (κ2) is 13.5. The molecular formula is C28H37F2NO3. The molecule has 34 heavy (non-hydrogen) atoms. The zero-order chi connectivity index (χ0) is 24.3. The fourth-order valence-electron chi connectivity index (χ4n) is 4.74. The van der Waals surface area contributed by atoms with Crippen molar-refractivity contribution in [1.82, 2.24) is 4.90 Å². The Balaban J connectivity index is 1.46. The number of unbranched alkanes of at least 4 members (excludes halogenated alkanes) is 1. The molecule has 2 aromatic rings. The molecule has 0 spiro atoms. The highest BCUT2D eigenvalue weighted by molar-refractivity contribution is 5.69. The Morgan fingerprint density at radius 3 is 2.06 bits per heavy atom. The predicted octanol–water partition coefficient (Wildman–Crippen LogP) is 6.45. The summed E-state index contributed by atoms with van der Waals surface area (Å²) in [6, 6.07) is 12.5. The van der Waals surface area contributed by atoms with Crippen LogP contribution in [0.5, 0.6) is 0 Å². The van der Waals surface area contributed by atoms with Crippen LogP contribution in [-0.2, 0) is 9.53 Å². The van der Waals surface area contributed by atoms with Crippen molar-refractivity contribution in [3.63, 3.8) is 0 Å². The Bertz CT molecular complexity index is 819. The summed E-state index contributed by atoms with van der Waals surface area (Å²) in [5, 5.41) is 9.45. The SMILES string of the molecule is CCCCC(CCC1CCN(CCOC(c2ccc(F)cc2)c2ccc(F)cc2)CC1)C(=O)O. The lowest BCUT2D eigenvalue weighted by molar-refractivity contribution is -0.142. The van der Waals surface area contributed by atoms with Crippen LogP contribution in [0.15, 0.2) is 48.5 Å².